The van der Waals surface area contributed by atoms with Gasteiger partial charge in [0.05, 0.1) is 30.9 Å². The van der Waals surface area contributed by atoms with Crippen molar-refractivity contribution in [3.63, 3.8) is 0 Å². The summed E-state index contributed by atoms with van der Waals surface area (Å²) in [7, 11) is 0. The first-order chi connectivity index (χ1) is 23.3. The Balaban J connectivity index is 1.60. The number of urea groups is 1. The Hall–Kier alpha value is -4.10. The van der Waals surface area contributed by atoms with Gasteiger partial charge in [-0.05, 0) is 70.2 Å². The van der Waals surface area contributed by atoms with E-state index in [2.05, 4.69) is 5.32 Å². The quantitative estimate of drug-likeness (QED) is 0.274. The van der Waals surface area contributed by atoms with Crippen molar-refractivity contribution in [3.05, 3.63) is 77.8 Å². The molecule has 2 aliphatic heterocycles. The monoisotopic (exact) mass is 685 g/mol. The summed E-state index contributed by atoms with van der Waals surface area (Å²) in [5.41, 5.74) is 0.298. The summed E-state index contributed by atoms with van der Waals surface area (Å²) in [5.74, 6) is -1.83. The van der Waals surface area contributed by atoms with Gasteiger partial charge in [-0.1, -0.05) is 30.3 Å². The van der Waals surface area contributed by atoms with E-state index in [1.54, 1.807) is 33.9 Å². The molecule has 49 heavy (non-hydrogen) atoms. The van der Waals surface area contributed by atoms with E-state index in [1.165, 1.54) is 9.80 Å². The Morgan fingerprint density at radius 1 is 1.12 bits per heavy atom. The third-order valence-corrected chi connectivity index (χ3v) is 8.87. The van der Waals surface area contributed by atoms with Crippen LogP contribution >= 0.6 is 0 Å². The number of nitrogens with one attached hydrogen (secondary N) is 1. The fourth-order valence-corrected chi connectivity index (χ4v) is 6.43. The minimum absolute atomic E-state index is 0.0219. The van der Waals surface area contributed by atoms with Gasteiger partial charge in [-0.3, -0.25) is 0 Å². The normalized spacial score (nSPS) is 19.8. The number of amides is 3. The number of rotatable bonds is 10. The molecule has 266 valence electrons. The van der Waals surface area contributed by atoms with Crippen LogP contribution in [0.4, 0.5) is 22.8 Å². The SMILES string of the molecule is C[C@@H](CO)NC(=O)N(C[C@@H]1CN(C(=O)OC(C)(C)C)CC1F)[C@@H](c1nc(-c2cc(F)ccc2F)cn1Cc1ccccc1)C1CCOCC1. The van der Waals surface area contributed by atoms with Crippen LogP contribution in [0.1, 0.15) is 58.0 Å². The maximum atomic E-state index is 15.8. The fourth-order valence-electron chi connectivity index (χ4n) is 6.43. The average Bonchev–Trinajstić information content (AvgIpc) is 3.64. The van der Waals surface area contributed by atoms with Crippen LogP contribution in [0.15, 0.2) is 54.7 Å². The van der Waals surface area contributed by atoms with Crippen molar-refractivity contribution in [2.45, 2.75) is 70.9 Å². The van der Waals surface area contributed by atoms with Crippen molar-refractivity contribution in [2.75, 3.05) is 39.5 Å². The molecule has 4 atom stereocenters. The standard InChI is InChI=1S/C36H46F3N5O5/c1-23(22-45)40-34(46)44(19-26-18-43(20-30(26)39)35(47)49-36(2,3)4)32(25-12-14-48-15-13-25)33-41-31(28-16-27(37)10-11-29(28)38)21-42(33)17-24-8-6-5-7-9-24/h5-11,16,21,23,25-26,30,32,45H,12-15,17-20,22H2,1-4H3,(H,40,46)/t23-,26-,30?,32+/m0/s1. The third-order valence-electron chi connectivity index (χ3n) is 8.87. The molecule has 5 rings (SSSR count). The lowest BCUT2D eigenvalue weighted by Gasteiger charge is -2.40. The van der Waals surface area contributed by atoms with Gasteiger partial charge >= 0.3 is 12.1 Å². The number of ether oxygens (including phenoxy) is 2. The minimum atomic E-state index is -1.45. The van der Waals surface area contributed by atoms with Gasteiger partial charge in [0.25, 0.3) is 0 Å². The topological polar surface area (TPSA) is 109 Å². The van der Waals surface area contributed by atoms with Crippen molar-refractivity contribution in [1.29, 1.82) is 0 Å². The number of carbonyl (C=O) groups is 2. The number of hydrogen-bond acceptors (Lipinski definition) is 6. The van der Waals surface area contributed by atoms with Crippen molar-refractivity contribution >= 4 is 12.1 Å². The number of aliphatic hydroxyl groups excluding tert-OH is 1. The third kappa shape index (κ3) is 9.13. The maximum Gasteiger partial charge on any atom is 0.410 e. The molecule has 2 N–H and O–H groups in total. The zero-order valence-corrected chi connectivity index (χ0v) is 28.4. The molecular formula is C36H46F3N5O5. The van der Waals surface area contributed by atoms with Gasteiger partial charge in [-0.15, -0.1) is 0 Å². The van der Waals surface area contributed by atoms with E-state index in [1.807, 2.05) is 34.9 Å². The summed E-state index contributed by atoms with van der Waals surface area (Å²) in [4.78, 5) is 34.9. The number of nitrogens with zero attached hydrogens (tertiary/aromatic N) is 4. The molecule has 0 saturated carbocycles. The first kappa shape index (κ1) is 36.2. The molecule has 3 aromatic rings. The van der Waals surface area contributed by atoms with Gasteiger partial charge < -0.3 is 34.3 Å². The Morgan fingerprint density at radius 3 is 2.51 bits per heavy atom. The largest absolute Gasteiger partial charge is 0.444 e. The molecule has 1 unspecified atom stereocenters. The number of hydrogen-bond donors (Lipinski definition) is 2. The Morgan fingerprint density at radius 2 is 1.84 bits per heavy atom. The maximum absolute atomic E-state index is 15.8. The minimum Gasteiger partial charge on any atom is -0.444 e. The van der Waals surface area contributed by atoms with Gasteiger partial charge in [0.2, 0.25) is 0 Å². The molecular weight excluding hydrogens is 639 g/mol. The zero-order valence-electron chi connectivity index (χ0n) is 28.4. The smallest absolute Gasteiger partial charge is 0.410 e. The number of carbonyl (C=O) groups excluding carboxylic acids is 2. The highest BCUT2D eigenvalue weighted by atomic mass is 19.1. The van der Waals surface area contributed by atoms with Crippen molar-refractivity contribution in [1.82, 2.24) is 24.7 Å². The molecule has 1 aromatic heterocycles. The van der Waals surface area contributed by atoms with E-state index < -0.39 is 53.5 Å². The summed E-state index contributed by atoms with van der Waals surface area (Å²) in [6.07, 6.45) is 0.675. The van der Waals surface area contributed by atoms with Gasteiger partial charge in [0, 0.05) is 50.5 Å². The molecule has 2 fully saturated rings. The lowest BCUT2D eigenvalue weighted by atomic mass is 9.89. The molecule has 0 spiro atoms. The van der Waals surface area contributed by atoms with Crippen molar-refractivity contribution < 1.29 is 37.3 Å². The Bertz CT molecular complexity index is 1580. The van der Waals surface area contributed by atoms with Crippen LogP contribution < -0.4 is 5.32 Å². The van der Waals surface area contributed by atoms with Crippen LogP contribution in [0, 0.1) is 23.5 Å². The second-order valence-corrected chi connectivity index (χ2v) is 14.0. The van der Waals surface area contributed by atoms with E-state index in [0.29, 0.717) is 38.4 Å². The van der Waals surface area contributed by atoms with Gasteiger partial charge in [-0.25, -0.2) is 27.7 Å². The fraction of sp³-hybridized carbons (Fsp3) is 0.528. The molecule has 3 heterocycles. The van der Waals surface area contributed by atoms with E-state index in [0.717, 1.165) is 23.8 Å². The summed E-state index contributed by atoms with van der Waals surface area (Å²) in [6, 6.07) is 10.8. The second kappa shape index (κ2) is 15.6. The van der Waals surface area contributed by atoms with Gasteiger partial charge in [0.1, 0.15) is 29.2 Å². The first-order valence-corrected chi connectivity index (χ1v) is 16.8. The molecule has 13 heteroatoms. The lowest BCUT2D eigenvalue weighted by molar-refractivity contribution is 0.0234. The summed E-state index contributed by atoms with van der Waals surface area (Å²) >= 11 is 0. The van der Waals surface area contributed by atoms with Crippen LogP contribution in [-0.2, 0) is 16.0 Å². The second-order valence-electron chi connectivity index (χ2n) is 14.0. The number of aliphatic hydroxyl groups is 1. The van der Waals surface area contributed by atoms with Gasteiger partial charge in [0.15, 0.2) is 0 Å². The highest BCUT2D eigenvalue weighted by Gasteiger charge is 2.43. The van der Waals surface area contributed by atoms with E-state index >= 15 is 8.78 Å². The Labute approximate surface area is 285 Å². The number of benzene rings is 2. The average molecular weight is 686 g/mol. The number of imidazole rings is 1. The number of aromatic nitrogens is 2. The van der Waals surface area contributed by atoms with E-state index in [-0.39, 0.29) is 43.4 Å². The molecule has 2 saturated heterocycles. The number of likely N-dealkylation sites (tertiary alicyclic amines) is 1. The predicted molar refractivity (Wildman–Crippen MR) is 177 cm³/mol. The molecule has 2 aliphatic rings. The zero-order chi connectivity index (χ0) is 35.3. The van der Waals surface area contributed by atoms with Gasteiger partial charge in [-0.2, -0.15) is 0 Å². The van der Waals surface area contributed by atoms with Crippen LogP contribution in [-0.4, -0.2) is 93.9 Å². The van der Waals surface area contributed by atoms with Crippen molar-refractivity contribution in [2.24, 2.45) is 11.8 Å². The molecule has 0 bridgehead atoms. The summed E-state index contributed by atoms with van der Waals surface area (Å²) in [6.45, 7) is 7.45. The highest BCUT2D eigenvalue weighted by molar-refractivity contribution is 5.75. The number of alkyl halides is 1. The molecule has 0 aliphatic carbocycles. The lowest BCUT2D eigenvalue weighted by Crippen LogP contribution is -2.51. The first-order valence-electron chi connectivity index (χ1n) is 16.8. The van der Waals surface area contributed by atoms with Crippen molar-refractivity contribution in [3.8, 4) is 11.3 Å². The molecule has 0 radical (unpaired) electrons. The van der Waals surface area contributed by atoms with Crippen LogP contribution in [0.25, 0.3) is 11.3 Å². The summed E-state index contributed by atoms with van der Waals surface area (Å²) < 4.78 is 58.4. The molecule has 3 amide bonds. The predicted octanol–water partition coefficient (Wildman–Crippen LogP) is 5.94. The Kier molecular flexibility index (Phi) is 11.5. The number of halogens is 3. The van der Waals surface area contributed by atoms with Crippen LogP contribution in [0.2, 0.25) is 0 Å². The highest BCUT2D eigenvalue weighted by Crippen LogP contribution is 2.38. The molecule has 10 nitrogen and oxygen atoms in total. The van der Waals surface area contributed by atoms with Crippen LogP contribution in [0.3, 0.4) is 0 Å². The van der Waals surface area contributed by atoms with E-state index in [9.17, 15) is 19.1 Å². The van der Waals surface area contributed by atoms with Crippen LogP contribution in [0.5, 0.6) is 0 Å². The summed E-state index contributed by atoms with van der Waals surface area (Å²) in [5, 5.41) is 12.6. The van der Waals surface area contributed by atoms with E-state index in [4.69, 9.17) is 14.5 Å². The molecule has 2 aromatic carbocycles.